The van der Waals surface area contributed by atoms with E-state index in [1.54, 1.807) is 0 Å². The van der Waals surface area contributed by atoms with E-state index in [4.69, 9.17) is 0 Å². The van der Waals surface area contributed by atoms with Crippen LogP contribution in [0, 0.1) is 0 Å². The third kappa shape index (κ3) is 5.92. The van der Waals surface area contributed by atoms with Crippen molar-refractivity contribution in [3.8, 4) is 0 Å². The lowest BCUT2D eigenvalue weighted by molar-refractivity contribution is 0.0757. The Balaban J connectivity index is 2.39. The van der Waals surface area contributed by atoms with Gasteiger partial charge in [-0.2, -0.15) is 0 Å². The first-order chi connectivity index (χ1) is 9.04. The number of hydrogen-bond acceptors (Lipinski definition) is 2. The molecular weight excluding hydrogens is 234 g/mol. The number of likely N-dealkylation sites (tertiary alicyclic amines) is 1. The van der Waals surface area contributed by atoms with Crippen LogP contribution in [0.4, 0.5) is 0 Å². The molecule has 110 valence electrons. The Morgan fingerprint density at radius 1 is 1.32 bits per heavy atom. The second kappa shape index (κ2) is 8.55. The van der Waals surface area contributed by atoms with Gasteiger partial charge in [-0.1, -0.05) is 30.2 Å². The van der Waals surface area contributed by atoms with Crippen molar-refractivity contribution in [3.05, 3.63) is 23.3 Å². The number of aliphatic hydroxyl groups excluding tert-OH is 1. The van der Waals surface area contributed by atoms with Crippen molar-refractivity contribution in [1.29, 1.82) is 0 Å². The highest BCUT2D eigenvalue weighted by Crippen LogP contribution is 2.22. The molecule has 1 aliphatic rings. The molecule has 1 fully saturated rings. The smallest absolute Gasteiger partial charge is 0.0692 e. The normalized spacial score (nSPS) is 22.6. The van der Waals surface area contributed by atoms with Gasteiger partial charge in [0.05, 0.1) is 6.10 Å². The minimum atomic E-state index is -0.151. The van der Waals surface area contributed by atoms with Crippen LogP contribution in [0.25, 0.3) is 0 Å². The van der Waals surface area contributed by atoms with Gasteiger partial charge in [-0.15, -0.1) is 0 Å². The lowest BCUT2D eigenvalue weighted by atomic mass is 10.1. The number of aliphatic hydroxyl groups is 1. The predicted molar refractivity (Wildman–Crippen MR) is 83.3 cm³/mol. The zero-order valence-corrected chi connectivity index (χ0v) is 13.2. The lowest BCUT2D eigenvalue weighted by Gasteiger charge is -2.27. The molecule has 0 aromatic carbocycles. The maximum atomic E-state index is 10.0. The van der Waals surface area contributed by atoms with Crippen LogP contribution in [0.15, 0.2) is 23.3 Å². The molecule has 0 aromatic heterocycles. The molecule has 0 aliphatic carbocycles. The quantitative estimate of drug-likeness (QED) is 0.705. The molecule has 1 N–H and O–H groups in total. The summed E-state index contributed by atoms with van der Waals surface area (Å²) in [6, 6.07) is 0.381. The number of allylic oxidation sites excluding steroid dienone is 3. The monoisotopic (exact) mass is 265 g/mol. The Kier molecular flexibility index (Phi) is 7.40. The van der Waals surface area contributed by atoms with Crippen LogP contribution in [0.5, 0.6) is 0 Å². The molecule has 0 amide bonds. The zero-order chi connectivity index (χ0) is 14.3. The van der Waals surface area contributed by atoms with Crippen LogP contribution in [0.2, 0.25) is 0 Å². The third-order valence-electron chi connectivity index (χ3n) is 4.04. The minimum Gasteiger partial charge on any atom is -0.392 e. The Morgan fingerprint density at radius 3 is 2.68 bits per heavy atom. The van der Waals surface area contributed by atoms with Crippen molar-refractivity contribution < 1.29 is 5.11 Å². The van der Waals surface area contributed by atoms with E-state index in [0.29, 0.717) is 6.04 Å². The second-order valence-corrected chi connectivity index (χ2v) is 6.05. The summed E-state index contributed by atoms with van der Waals surface area (Å²) in [5.41, 5.74) is 2.87. The van der Waals surface area contributed by atoms with Crippen LogP contribution >= 0.6 is 0 Å². The average molecular weight is 265 g/mol. The molecule has 1 unspecified atom stereocenters. The number of rotatable bonds is 7. The highest BCUT2D eigenvalue weighted by atomic mass is 16.3. The Hall–Kier alpha value is -0.600. The van der Waals surface area contributed by atoms with Crippen LogP contribution in [0.1, 0.15) is 59.8 Å². The third-order valence-corrected chi connectivity index (χ3v) is 4.04. The lowest BCUT2D eigenvalue weighted by Crippen LogP contribution is -2.38. The molecule has 1 aliphatic heterocycles. The highest BCUT2D eigenvalue weighted by molar-refractivity contribution is 5.04. The molecular formula is C17H31NO. The van der Waals surface area contributed by atoms with Crippen molar-refractivity contribution >= 4 is 0 Å². The first kappa shape index (κ1) is 16.5. The Labute approximate surface area is 119 Å². The molecule has 0 bridgehead atoms. The standard InChI is InChI=1S/C17H31NO/c1-5-17(19)16-10-7-12-18(16)13-11-15(4)9-6-8-14(2)3/h8,11,16-17,19H,5-7,9-10,12-13H2,1-4H3/b15-11+/t16-,17?/m0/s1. The fourth-order valence-corrected chi connectivity index (χ4v) is 2.75. The number of hydrogen-bond donors (Lipinski definition) is 1. The van der Waals surface area contributed by atoms with Gasteiger partial charge in [-0.3, -0.25) is 4.90 Å². The molecule has 19 heavy (non-hydrogen) atoms. The summed E-state index contributed by atoms with van der Waals surface area (Å²) >= 11 is 0. The van der Waals surface area contributed by atoms with Crippen LogP contribution in [-0.2, 0) is 0 Å². The van der Waals surface area contributed by atoms with Crippen molar-refractivity contribution in [2.45, 2.75) is 71.9 Å². The van der Waals surface area contributed by atoms with Crippen LogP contribution in [0.3, 0.4) is 0 Å². The van der Waals surface area contributed by atoms with Gasteiger partial charge < -0.3 is 5.11 Å². The van der Waals surface area contributed by atoms with E-state index in [1.807, 2.05) is 0 Å². The summed E-state index contributed by atoms with van der Waals surface area (Å²) in [4.78, 5) is 2.44. The summed E-state index contributed by atoms with van der Waals surface area (Å²) in [7, 11) is 0. The summed E-state index contributed by atoms with van der Waals surface area (Å²) in [6.07, 6.45) is 10.0. The predicted octanol–water partition coefficient (Wildman–Crippen LogP) is 3.91. The number of nitrogens with zero attached hydrogens (tertiary/aromatic N) is 1. The van der Waals surface area contributed by atoms with Gasteiger partial charge in [-0.05, 0) is 59.4 Å². The SMILES string of the molecule is CCC(O)[C@@H]1CCCN1C/C=C(\C)CCC=C(C)C. The second-order valence-electron chi connectivity index (χ2n) is 6.05. The molecule has 0 saturated carbocycles. The fourth-order valence-electron chi connectivity index (χ4n) is 2.75. The highest BCUT2D eigenvalue weighted by Gasteiger charge is 2.28. The van der Waals surface area contributed by atoms with E-state index in [1.165, 1.54) is 17.6 Å². The largest absolute Gasteiger partial charge is 0.392 e. The molecule has 0 spiro atoms. The summed E-state index contributed by atoms with van der Waals surface area (Å²) in [5.74, 6) is 0. The van der Waals surface area contributed by atoms with Crippen molar-refractivity contribution in [2.24, 2.45) is 0 Å². The molecule has 0 aromatic rings. The van der Waals surface area contributed by atoms with E-state index >= 15 is 0 Å². The topological polar surface area (TPSA) is 23.5 Å². The van der Waals surface area contributed by atoms with E-state index in [9.17, 15) is 5.11 Å². The Morgan fingerprint density at radius 2 is 2.05 bits per heavy atom. The summed E-state index contributed by atoms with van der Waals surface area (Å²) in [5, 5.41) is 10.0. The Bertz CT molecular complexity index is 315. The van der Waals surface area contributed by atoms with E-state index in [-0.39, 0.29) is 6.10 Å². The van der Waals surface area contributed by atoms with Crippen LogP contribution < -0.4 is 0 Å². The fraction of sp³-hybridized carbons (Fsp3) is 0.765. The zero-order valence-electron chi connectivity index (χ0n) is 13.2. The van der Waals surface area contributed by atoms with Gasteiger partial charge in [0.1, 0.15) is 0 Å². The molecule has 1 heterocycles. The van der Waals surface area contributed by atoms with E-state index < -0.39 is 0 Å². The first-order valence-corrected chi connectivity index (χ1v) is 7.75. The van der Waals surface area contributed by atoms with Crippen molar-refractivity contribution in [1.82, 2.24) is 4.90 Å². The maximum Gasteiger partial charge on any atom is 0.0692 e. The van der Waals surface area contributed by atoms with Crippen molar-refractivity contribution in [2.75, 3.05) is 13.1 Å². The van der Waals surface area contributed by atoms with Gasteiger partial charge in [0.2, 0.25) is 0 Å². The van der Waals surface area contributed by atoms with Gasteiger partial charge in [-0.25, -0.2) is 0 Å². The van der Waals surface area contributed by atoms with Gasteiger partial charge in [0.15, 0.2) is 0 Å². The summed E-state index contributed by atoms with van der Waals surface area (Å²) in [6.45, 7) is 10.7. The van der Waals surface area contributed by atoms with Crippen LogP contribution in [-0.4, -0.2) is 35.2 Å². The molecule has 1 saturated heterocycles. The molecule has 2 heteroatoms. The van der Waals surface area contributed by atoms with E-state index in [2.05, 4.69) is 44.7 Å². The molecule has 2 nitrogen and oxygen atoms in total. The maximum absolute atomic E-state index is 10.0. The molecule has 1 rings (SSSR count). The molecule has 2 atom stereocenters. The van der Waals surface area contributed by atoms with Gasteiger partial charge in [0.25, 0.3) is 0 Å². The first-order valence-electron chi connectivity index (χ1n) is 7.75. The van der Waals surface area contributed by atoms with Gasteiger partial charge in [0, 0.05) is 12.6 Å². The average Bonchev–Trinajstić information content (AvgIpc) is 2.83. The summed E-state index contributed by atoms with van der Waals surface area (Å²) < 4.78 is 0. The van der Waals surface area contributed by atoms with Crippen molar-refractivity contribution in [3.63, 3.8) is 0 Å². The van der Waals surface area contributed by atoms with E-state index in [0.717, 1.165) is 38.8 Å². The van der Waals surface area contributed by atoms with Gasteiger partial charge >= 0.3 is 0 Å². The molecule has 0 radical (unpaired) electrons. The minimum absolute atomic E-state index is 0.151.